The maximum atomic E-state index is 13.3. The minimum absolute atomic E-state index is 0.250. The second-order valence-corrected chi connectivity index (χ2v) is 5.85. The fourth-order valence-electron chi connectivity index (χ4n) is 2.84. The third-order valence-corrected chi connectivity index (χ3v) is 4.26. The second kappa shape index (κ2) is 7.11. The van der Waals surface area contributed by atoms with Crippen LogP contribution in [0.2, 0.25) is 5.02 Å². The summed E-state index contributed by atoms with van der Waals surface area (Å²) in [4.78, 5) is 12.4. The molecule has 26 heavy (non-hydrogen) atoms. The molecule has 2 atom stereocenters. The molecular formula is C17H13ClFN3O4. The number of epoxide rings is 1. The zero-order valence-corrected chi connectivity index (χ0v) is 14.0. The highest BCUT2D eigenvalue weighted by molar-refractivity contribution is 6.31. The van der Waals surface area contributed by atoms with Crippen LogP contribution in [0.1, 0.15) is 17.4 Å². The fourth-order valence-corrected chi connectivity index (χ4v) is 3.12. The molecule has 4 rings (SSSR count). The molecule has 134 valence electrons. The number of rotatable bonds is 3. The summed E-state index contributed by atoms with van der Waals surface area (Å²) in [6.07, 6.45) is 4.99. The number of imidazole rings is 1. The Hall–Kier alpha value is -2.97. The van der Waals surface area contributed by atoms with Crippen LogP contribution in [0, 0.1) is 15.9 Å². The number of halogens is 2. The summed E-state index contributed by atoms with van der Waals surface area (Å²) in [7, 11) is 0. The van der Waals surface area contributed by atoms with E-state index in [2.05, 4.69) is 4.98 Å². The lowest BCUT2D eigenvalue weighted by molar-refractivity contribution is -0.742. The van der Waals surface area contributed by atoms with Gasteiger partial charge in [0.05, 0.1) is 6.33 Å². The Morgan fingerprint density at radius 1 is 1.27 bits per heavy atom. The lowest BCUT2D eigenvalue weighted by Gasteiger charge is -2.16. The van der Waals surface area contributed by atoms with E-state index in [9.17, 15) is 4.39 Å². The molecule has 9 heteroatoms. The van der Waals surface area contributed by atoms with E-state index in [1.807, 2.05) is 35.0 Å². The predicted molar refractivity (Wildman–Crippen MR) is 89.8 cm³/mol. The van der Waals surface area contributed by atoms with Gasteiger partial charge in [-0.15, -0.1) is 10.1 Å². The first-order valence-corrected chi connectivity index (χ1v) is 7.82. The molecule has 0 saturated carbocycles. The second-order valence-electron chi connectivity index (χ2n) is 5.44. The van der Waals surface area contributed by atoms with E-state index in [0.29, 0.717) is 5.02 Å². The van der Waals surface area contributed by atoms with E-state index in [1.165, 1.54) is 12.1 Å². The Morgan fingerprint density at radius 3 is 2.50 bits per heavy atom. The molecule has 3 aromatic rings. The van der Waals surface area contributed by atoms with Crippen molar-refractivity contribution in [3.8, 4) is 0 Å². The Labute approximate surface area is 152 Å². The molecule has 0 aliphatic carbocycles. The highest BCUT2D eigenvalue weighted by Crippen LogP contribution is 2.59. The zero-order valence-electron chi connectivity index (χ0n) is 13.2. The van der Waals surface area contributed by atoms with E-state index in [1.54, 1.807) is 24.7 Å². The minimum atomic E-state index is -1.50. The van der Waals surface area contributed by atoms with Gasteiger partial charge in [-0.2, -0.15) is 0 Å². The summed E-state index contributed by atoms with van der Waals surface area (Å²) in [6, 6.07) is 13.9. The summed E-state index contributed by atoms with van der Waals surface area (Å²) < 4.78 is 21.2. The van der Waals surface area contributed by atoms with Gasteiger partial charge in [0.1, 0.15) is 5.82 Å². The predicted octanol–water partition coefficient (Wildman–Crippen LogP) is 3.80. The third-order valence-electron chi connectivity index (χ3n) is 3.93. The van der Waals surface area contributed by atoms with Crippen LogP contribution in [0.15, 0.2) is 67.3 Å². The number of aromatic nitrogens is 2. The number of nitrogens with zero attached hydrogens (tertiary/aromatic N) is 3. The van der Waals surface area contributed by atoms with E-state index in [4.69, 9.17) is 31.7 Å². The minimum Gasteiger partial charge on any atom is -0.333 e. The van der Waals surface area contributed by atoms with E-state index in [-0.39, 0.29) is 12.0 Å². The van der Waals surface area contributed by atoms with Gasteiger partial charge in [0.2, 0.25) is 0 Å². The van der Waals surface area contributed by atoms with Crippen LogP contribution in [0.25, 0.3) is 0 Å². The molecule has 0 spiro atoms. The highest BCUT2D eigenvalue weighted by atomic mass is 35.5. The van der Waals surface area contributed by atoms with Gasteiger partial charge in [-0.3, -0.25) is 0 Å². The summed E-state index contributed by atoms with van der Waals surface area (Å²) in [6.45, 7) is 0. The van der Waals surface area contributed by atoms with Crippen molar-refractivity contribution in [2.24, 2.45) is 0 Å². The monoisotopic (exact) mass is 377 g/mol. The van der Waals surface area contributed by atoms with E-state index >= 15 is 0 Å². The molecule has 7 nitrogen and oxygen atoms in total. The van der Waals surface area contributed by atoms with Crippen LogP contribution in [0.5, 0.6) is 0 Å². The molecular weight excluding hydrogens is 365 g/mol. The summed E-state index contributed by atoms with van der Waals surface area (Å²) >= 11 is 6.38. The molecule has 1 aromatic heterocycles. The molecule has 1 N–H and O–H groups in total. The maximum absolute atomic E-state index is 13.3. The van der Waals surface area contributed by atoms with Gasteiger partial charge in [-0.1, -0.05) is 41.9 Å². The smallest absolute Gasteiger partial charge is 0.291 e. The van der Waals surface area contributed by atoms with Gasteiger partial charge in [-0.25, -0.2) is 9.37 Å². The quantitative estimate of drug-likeness (QED) is 0.425. The van der Waals surface area contributed by atoms with Crippen LogP contribution < -0.4 is 0 Å². The van der Waals surface area contributed by atoms with Crippen molar-refractivity contribution in [3.05, 3.63) is 99.3 Å². The molecule has 2 aromatic carbocycles. The number of hydrogen-bond acceptors (Lipinski definition) is 4. The molecule has 0 radical (unpaired) electrons. The van der Waals surface area contributed by atoms with Crippen LogP contribution in [-0.2, 0) is 10.3 Å². The van der Waals surface area contributed by atoms with Gasteiger partial charge >= 0.3 is 0 Å². The van der Waals surface area contributed by atoms with Gasteiger partial charge in [-0.05, 0) is 23.8 Å². The molecule has 1 fully saturated rings. The Balaban J connectivity index is 0.000000447. The van der Waals surface area contributed by atoms with Gasteiger partial charge in [0, 0.05) is 23.0 Å². The van der Waals surface area contributed by atoms with Gasteiger partial charge in [0.25, 0.3) is 5.09 Å². The topological polar surface area (TPSA) is 93.7 Å². The van der Waals surface area contributed by atoms with Crippen molar-refractivity contribution in [1.29, 1.82) is 0 Å². The molecule has 0 amide bonds. The molecule has 0 bridgehead atoms. The van der Waals surface area contributed by atoms with E-state index < -0.39 is 10.7 Å². The van der Waals surface area contributed by atoms with E-state index in [0.717, 1.165) is 11.1 Å². The van der Waals surface area contributed by atoms with Crippen molar-refractivity contribution in [1.82, 2.24) is 9.55 Å². The lowest BCUT2D eigenvalue weighted by Crippen LogP contribution is -2.15. The van der Waals surface area contributed by atoms with Crippen molar-refractivity contribution >= 4 is 11.6 Å². The third kappa shape index (κ3) is 3.37. The summed E-state index contributed by atoms with van der Waals surface area (Å²) in [5.74, 6) is -0.280. The van der Waals surface area contributed by atoms with Crippen molar-refractivity contribution in [2.75, 3.05) is 0 Å². The highest BCUT2D eigenvalue weighted by Gasteiger charge is 2.61. The summed E-state index contributed by atoms with van der Waals surface area (Å²) in [5.41, 5.74) is 1.01. The fraction of sp³-hybridized carbons (Fsp3) is 0.118. The lowest BCUT2D eigenvalue weighted by atomic mass is 9.90. The first kappa shape index (κ1) is 17.8. The number of hydrogen-bond donors (Lipinski definition) is 1. The Morgan fingerprint density at radius 2 is 1.92 bits per heavy atom. The SMILES string of the molecule is Fc1ccc(C2(c3ccccc3Cl)OC2n2ccnc2)cc1.O=[N+]([O-])O. The van der Waals surface area contributed by atoms with Crippen LogP contribution in [-0.4, -0.2) is 19.8 Å². The zero-order chi connectivity index (χ0) is 18.7. The molecule has 2 unspecified atom stereocenters. The average molecular weight is 378 g/mol. The first-order valence-electron chi connectivity index (χ1n) is 7.44. The molecule has 2 heterocycles. The van der Waals surface area contributed by atoms with Crippen molar-refractivity contribution in [3.63, 3.8) is 0 Å². The van der Waals surface area contributed by atoms with Crippen LogP contribution in [0.4, 0.5) is 4.39 Å². The normalized spacial score (nSPS) is 20.8. The molecule has 1 saturated heterocycles. The number of ether oxygens (including phenoxy) is 1. The largest absolute Gasteiger partial charge is 0.333 e. The summed E-state index contributed by atoms with van der Waals surface area (Å²) in [5, 5.41) is 14.3. The Kier molecular flexibility index (Phi) is 4.88. The van der Waals surface area contributed by atoms with Crippen molar-refractivity contribution in [2.45, 2.75) is 11.8 Å². The Bertz CT molecular complexity index is 901. The van der Waals surface area contributed by atoms with Gasteiger partial charge < -0.3 is 14.5 Å². The average Bonchev–Trinajstić information content (AvgIpc) is 3.10. The number of benzene rings is 2. The first-order chi connectivity index (χ1) is 12.4. The molecule has 1 aliphatic heterocycles. The van der Waals surface area contributed by atoms with Crippen molar-refractivity contribution < 1.29 is 19.4 Å². The van der Waals surface area contributed by atoms with Crippen LogP contribution >= 0.6 is 11.6 Å². The standard InChI is InChI=1S/C17H12ClFN2O.HNO3/c18-15-4-2-1-3-14(15)17(12-5-7-13(19)8-6-12)16(22-17)21-10-9-20-11-21;2-1(3)4/h1-11,16H;(H,2,3,4). The maximum Gasteiger partial charge on any atom is 0.291 e. The van der Waals surface area contributed by atoms with Crippen LogP contribution in [0.3, 0.4) is 0 Å². The molecule has 1 aliphatic rings. The van der Waals surface area contributed by atoms with Gasteiger partial charge in [0.15, 0.2) is 11.8 Å².